The smallest absolute Gasteiger partial charge is 0.245 e. The lowest BCUT2D eigenvalue weighted by atomic mass is 9.91. The minimum absolute atomic E-state index is 0.150. The summed E-state index contributed by atoms with van der Waals surface area (Å²) < 4.78 is 16.0. The Morgan fingerprint density at radius 1 is 1.15 bits per heavy atom. The maximum Gasteiger partial charge on any atom is 0.245 e. The standard InChI is InChI=1S/C29H27FN8O3/c30-19-12-24(29(41)35-22-7-5-16-3-1-2-4-20(16)27(22)40)37(14-19)25(39)15-38-23-8-6-17(18-9-10-33-34-13-18)11-21(23)26(36-38)28(31)32/h1-11,13,19,22,24,27,40H,12,14-15H2,(H3,31,32)(H,35,41). The Morgan fingerprint density at radius 2 is 1.98 bits per heavy atom. The number of nitrogen functional groups attached to an aromatic ring is 1. The van der Waals surface area contributed by atoms with Gasteiger partial charge in [-0.15, -0.1) is 0 Å². The van der Waals surface area contributed by atoms with Crippen LogP contribution in [-0.2, 0) is 16.1 Å². The number of rotatable bonds is 6. The first-order chi connectivity index (χ1) is 19.8. The zero-order chi connectivity index (χ0) is 28.7. The predicted molar refractivity (Wildman–Crippen MR) is 149 cm³/mol. The van der Waals surface area contributed by atoms with E-state index in [2.05, 4.69) is 20.6 Å². The van der Waals surface area contributed by atoms with Crippen molar-refractivity contribution in [2.45, 2.75) is 37.3 Å². The number of nitrogens with two attached hydrogens (primary N) is 1. The summed E-state index contributed by atoms with van der Waals surface area (Å²) in [5, 5.41) is 34.3. The summed E-state index contributed by atoms with van der Waals surface area (Å²) >= 11 is 0. The molecular formula is C29H27FN8O3. The van der Waals surface area contributed by atoms with E-state index in [1.54, 1.807) is 42.7 Å². The van der Waals surface area contributed by atoms with Crippen molar-refractivity contribution in [3.8, 4) is 11.1 Å². The van der Waals surface area contributed by atoms with Crippen LogP contribution in [0.3, 0.4) is 0 Å². The molecule has 2 aromatic heterocycles. The molecule has 2 aliphatic rings. The molecule has 0 bridgehead atoms. The lowest BCUT2D eigenvalue weighted by Gasteiger charge is -2.29. The number of halogens is 1. The number of alkyl halides is 1. The Balaban J connectivity index is 1.22. The van der Waals surface area contributed by atoms with E-state index in [4.69, 9.17) is 11.1 Å². The average Bonchev–Trinajstić information content (AvgIpc) is 3.55. The summed E-state index contributed by atoms with van der Waals surface area (Å²) in [6, 6.07) is 12.7. The van der Waals surface area contributed by atoms with Gasteiger partial charge in [0.15, 0.2) is 0 Å². The van der Waals surface area contributed by atoms with E-state index in [1.165, 1.54) is 9.58 Å². The van der Waals surface area contributed by atoms with Gasteiger partial charge in [-0.25, -0.2) is 4.39 Å². The number of benzene rings is 2. The molecule has 41 heavy (non-hydrogen) atoms. The second-order valence-electron chi connectivity index (χ2n) is 10.1. The number of carbonyl (C=O) groups is 2. The minimum Gasteiger partial charge on any atom is -0.386 e. The molecule has 4 aromatic rings. The van der Waals surface area contributed by atoms with Crippen LogP contribution in [-0.4, -0.2) is 72.4 Å². The number of amidine groups is 1. The molecule has 2 aromatic carbocycles. The van der Waals surface area contributed by atoms with Crippen molar-refractivity contribution in [1.82, 2.24) is 30.2 Å². The van der Waals surface area contributed by atoms with Crippen molar-refractivity contribution in [3.63, 3.8) is 0 Å². The second-order valence-corrected chi connectivity index (χ2v) is 10.1. The lowest BCUT2D eigenvalue weighted by Crippen LogP contribution is -2.50. The van der Waals surface area contributed by atoms with Crippen molar-refractivity contribution in [2.24, 2.45) is 5.73 Å². The highest BCUT2D eigenvalue weighted by Crippen LogP contribution is 2.30. The molecule has 0 radical (unpaired) electrons. The lowest BCUT2D eigenvalue weighted by molar-refractivity contribution is -0.139. The minimum atomic E-state index is -1.37. The highest BCUT2D eigenvalue weighted by Gasteiger charge is 2.41. The molecule has 0 saturated carbocycles. The maximum absolute atomic E-state index is 14.6. The molecule has 1 aliphatic heterocycles. The first kappa shape index (κ1) is 26.3. The molecule has 1 aliphatic carbocycles. The average molecular weight is 555 g/mol. The third-order valence-corrected chi connectivity index (χ3v) is 7.53. The molecule has 2 amide bonds. The largest absolute Gasteiger partial charge is 0.386 e. The van der Waals surface area contributed by atoms with Crippen LogP contribution in [0, 0.1) is 5.41 Å². The van der Waals surface area contributed by atoms with Gasteiger partial charge in [-0.3, -0.25) is 19.7 Å². The van der Waals surface area contributed by atoms with Crippen LogP contribution < -0.4 is 11.1 Å². The number of fused-ring (bicyclic) bond motifs is 2. The van der Waals surface area contributed by atoms with Crippen molar-refractivity contribution in [3.05, 3.63) is 83.8 Å². The summed E-state index contributed by atoms with van der Waals surface area (Å²) in [6.45, 7) is -0.517. The molecule has 0 spiro atoms. The van der Waals surface area contributed by atoms with Crippen LogP contribution in [0.4, 0.5) is 4.39 Å². The zero-order valence-electron chi connectivity index (χ0n) is 21.8. The Bertz CT molecular complexity index is 1690. The number of amides is 2. The number of nitrogens with one attached hydrogen (secondary N) is 2. The molecule has 208 valence electrons. The molecule has 4 atom stereocenters. The van der Waals surface area contributed by atoms with E-state index >= 15 is 0 Å². The number of hydrogen-bond donors (Lipinski definition) is 4. The van der Waals surface area contributed by atoms with E-state index in [0.29, 0.717) is 16.5 Å². The Kier molecular flexibility index (Phi) is 6.75. The van der Waals surface area contributed by atoms with Gasteiger partial charge in [0.25, 0.3) is 0 Å². The van der Waals surface area contributed by atoms with E-state index in [-0.39, 0.29) is 31.0 Å². The van der Waals surface area contributed by atoms with Crippen LogP contribution in [0.25, 0.3) is 28.1 Å². The molecule has 4 unspecified atom stereocenters. The number of aliphatic hydroxyl groups is 1. The van der Waals surface area contributed by atoms with Crippen molar-refractivity contribution in [2.75, 3.05) is 6.54 Å². The van der Waals surface area contributed by atoms with Gasteiger partial charge in [0.2, 0.25) is 11.8 Å². The van der Waals surface area contributed by atoms with Crippen LogP contribution in [0.5, 0.6) is 0 Å². The number of likely N-dealkylation sites (tertiary alicyclic amines) is 1. The second kappa shape index (κ2) is 10.5. The van der Waals surface area contributed by atoms with Crippen LogP contribution in [0.1, 0.15) is 29.3 Å². The molecule has 5 N–H and O–H groups in total. The molecule has 11 nitrogen and oxygen atoms in total. The molecule has 3 heterocycles. The highest BCUT2D eigenvalue weighted by molar-refractivity contribution is 6.06. The number of aromatic nitrogens is 4. The molecule has 12 heteroatoms. The fourth-order valence-corrected chi connectivity index (χ4v) is 5.49. The summed E-state index contributed by atoms with van der Waals surface area (Å²) in [4.78, 5) is 27.9. The predicted octanol–water partition coefficient (Wildman–Crippen LogP) is 1.96. The Morgan fingerprint density at radius 3 is 2.76 bits per heavy atom. The molecule has 6 rings (SSSR count). The van der Waals surface area contributed by atoms with Gasteiger partial charge in [0.05, 0.1) is 30.5 Å². The first-order valence-corrected chi connectivity index (χ1v) is 13.1. The van der Waals surface area contributed by atoms with E-state index < -0.39 is 36.2 Å². The van der Waals surface area contributed by atoms with Gasteiger partial charge < -0.3 is 21.1 Å². The number of carbonyl (C=O) groups excluding carboxylic acids is 2. The monoisotopic (exact) mass is 554 g/mol. The van der Waals surface area contributed by atoms with Gasteiger partial charge in [0, 0.05) is 17.4 Å². The van der Waals surface area contributed by atoms with Gasteiger partial charge >= 0.3 is 0 Å². The zero-order valence-corrected chi connectivity index (χ0v) is 21.8. The van der Waals surface area contributed by atoms with E-state index in [0.717, 1.165) is 16.7 Å². The van der Waals surface area contributed by atoms with Crippen LogP contribution in [0.2, 0.25) is 0 Å². The van der Waals surface area contributed by atoms with Crippen molar-refractivity contribution < 1.29 is 19.1 Å². The van der Waals surface area contributed by atoms with Gasteiger partial charge in [-0.05, 0) is 34.9 Å². The highest BCUT2D eigenvalue weighted by atomic mass is 19.1. The summed E-state index contributed by atoms with van der Waals surface area (Å²) in [6.07, 6.45) is 4.18. The van der Waals surface area contributed by atoms with Gasteiger partial charge in [-0.2, -0.15) is 15.3 Å². The van der Waals surface area contributed by atoms with E-state index in [1.807, 2.05) is 30.3 Å². The first-order valence-electron chi connectivity index (χ1n) is 13.1. The summed E-state index contributed by atoms with van der Waals surface area (Å²) in [7, 11) is 0. The molecule has 1 saturated heterocycles. The van der Waals surface area contributed by atoms with Gasteiger partial charge in [0.1, 0.15) is 36.4 Å². The summed E-state index contributed by atoms with van der Waals surface area (Å²) in [5.74, 6) is -1.32. The summed E-state index contributed by atoms with van der Waals surface area (Å²) in [5.41, 5.74) is 9.71. The van der Waals surface area contributed by atoms with Crippen LogP contribution >= 0.6 is 0 Å². The number of hydrogen-bond acceptors (Lipinski definition) is 7. The molecular weight excluding hydrogens is 527 g/mol. The molecule has 1 fully saturated rings. The van der Waals surface area contributed by atoms with Crippen molar-refractivity contribution >= 4 is 34.6 Å². The normalized spacial score (nSPS) is 21.6. The third-order valence-electron chi connectivity index (χ3n) is 7.53. The number of nitrogens with zero attached hydrogens (tertiary/aromatic N) is 5. The Hall–Kier alpha value is -4.97. The fraction of sp³-hybridized carbons (Fsp3) is 0.241. The fourth-order valence-electron chi connectivity index (χ4n) is 5.49. The maximum atomic E-state index is 14.6. The van der Waals surface area contributed by atoms with Crippen LogP contribution in [0.15, 0.2) is 67.0 Å². The third kappa shape index (κ3) is 4.93. The number of aliphatic hydroxyl groups excluding tert-OH is 1. The van der Waals surface area contributed by atoms with Gasteiger partial charge in [-0.1, -0.05) is 42.5 Å². The Labute approximate surface area is 234 Å². The topological polar surface area (TPSA) is 163 Å². The van der Waals surface area contributed by atoms with E-state index in [9.17, 15) is 19.1 Å². The van der Waals surface area contributed by atoms with Crippen molar-refractivity contribution in [1.29, 1.82) is 5.41 Å². The quantitative estimate of drug-likeness (QED) is 0.209. The SMILES string of the molecule is N=C(N)c1nn(CC(=O)N2CC(F)CC2C(=O)NC2C=Cc3ccccc3C2O)c2ccc(-c3ccnnc3)cc12.